The summed E-state index contributed by atoms with van der Waals surface area (Å²) in [6, 6.07) is 65.0. The van der Waals surface area contributed by atoms with Crippen molar-refractivity contribution in [3.63, 3.8) is 0 Å². The van der Waals surface area contributed by atoms with E-state index < -0.39 is 17.2 Å². The second kappa shape index (κ2) is 13.7. The third-order valence-corrected chi connectivity index (χ3v) is 13.9. The fourth-order valence-corrected chi connectivity index (χ4v) is 11.3. The molecule has 0 aliphatic heterocycles. The van der Waals surface area contributed by atoms with E-state index in [0.29, 0.717) is 50.2 Å². The van der Waals surface area contributed by atoms with Crippen molar-refractivity contribution in [3.8, 4) is 62.1 Å². The number of fused-ring (bicyclic) bond motifs is 17. The van der Waals surface area contributed by atoms with Gasteiger partial charge in [0.2, 0.25) is 0 Å². The summed E-state index contributed by atoms with van der Waals surface area (Å²) in [5.41, 5.74) is 10.6. The van der Waals surface area contributed by atoms with Gasteiger partial charge in [-0.05, 0) is 68.8 Å². The van der Waals surface area contributed by atoms with Gasteiger partial charge in [-0.1, -0.05) is 176 Å². The van der Waals surface area contributed by atoms with E-state index in [0.717, 1.165) is 55.3 Å². The zero-order chi connectivity index (χ0) is 44.6. The topological polar surface area (TPSA) is 56.7 Å². The predicted molar refractivity (Wildman–Crippen MR) is 259 cm³/mol. The zero-order valence-corrected chi connectivity index (χ0v) is 35.4. The van der Waals surface area contributed by atoms with E-state index in [9.17, 15) is 0 Å². The van der Waals surface area contributed by atoms with Gasteiger partial charge in [0.15, 0.2) is 23.1 Å². The maximum atomic E-state index is 16.5. The molecule has 0 radical (unpaired) electrons. The highest BCUT2D eigenvalue weighted by atomic mass is 19.4. The molecule has 0 fully saturated rings. The maximum absolute atomic E-state index is 16.5. The molecule has 0 amide bonds. The molecule has 0 saturated heterocycles. The van der Waals surface area contributed by atoms with Crippen molar-refractivity contribution < 1.29 is 17.6 Å². The molecular formula is C59H33F3N4O. The van der Waals surface area contributed by atoms with Crippen molar-refractivity contribution in [2.24, 2.45) is 0 Å². The van der Waals surface area contributed by atoms with Crippen LogP contribution in [0, 0.1) is 0 Å². The van der Waals surface area contributed by atoms with E-state index in [1.54, 1.807) is 10.6 Å². The highest BCUT2D eigenvalue weighted by molar-refractivity contribution is 6.19. The van der Waals surface area contributed by atoms with E-state index in [4.69, 9.17) is 19.4 Å². The van der Waals surface area contributed by atoms with Crippen molar-refractivity contribution in [2.75, 3.05) is 0 Å². The van der Waals surface area contributed by atoms with Crippen LogP contribution in [0.25, 0.3) is 106 Å². The third-order valence-electron chi connectivity index (χ3n) is 13.9. The first-order valence-corrected chi connectivity index (χ1v) is 22.2. The Labute approximate surface area is 381 Å². The zero-order valence-electron chi connectivity index (χ0n) is 35.4. The van der Waals surface area contributed by atoms with Crippen molar-refractivity contribution >= 4 is 43.7 Å². The van der Waals surface area contributed by atoms with Crippen LogP contribution in [-0.2, 0) is 11.6 Å². The standard InChI is InChI=1S/C59H33F3N4O/c60-59(61,62)46-33-42(57-64-55(34-17-3-1-4-18-34)63-56(65-57)35-19-5-2-6-20-35)50-41-25-11-16-30-49(41)67-54(50)53(46)66-47-29-15-10-24-40(47)51-48(66)32-31-39-38-23-9-14-28-45(38)58(52(39)51)43-26-12-7-21-36(43)37-22-8-13-27-44(37)58/h1-33H. The molecule has 0 saturated carbocycles. The van der Waals surface area contributed by atoms with Gasteiger partial charge in [-0.3, -0.25) is 0 Å². The predicted octanol–water partition coefficient (Wildman–Crippen LogP) is 15.2. The molecule has 0 unspecified atom stereocenters. The lowest BCUT2D eigenvalue weighted by molar-refractivity contribution is -0.137. The Hall–Kier alpha value is -8.62. The molecule has 5 nitrogen and oxygen atoms in total. The molecule has 0 bridgehead atoms. The largest absolute Gasteiger partial charge is 0.454 e. The molecule has 3 aromatic heterocycles. The minimum atomic E-state index is -4.86. The Morgan fingerprint density at radius 1 is 0.433 bits per heavy atom. The van der Waals surface area contributed by atoms with Crippen LogP contribution in [0.5, 0.6) is 0 Å². The fraction of sp³-hybridized carbons (Fsp3) is 0.0339. The van der Waals surface area contributed by atoms with Gasteiger partial charge in [0.1, 0.15) is 11.3 Å². The lowest BCUT2D eigenvalue weighted by atomic mass is 9.69. The molecule has 2 aliphatic carbocycles. The molecule has 1 spiro atoms. The van der Waals surface area contributed by atoms with Crippen LogP contribution in [0.4, 0.5) is 13.2 Å². The summed E-state index contributed by atoms with van der Waals surface area (Å²) < 4.78 is 58.0. The second-order valence-electron chi connectivity index (χ2n) is 17.3. The second-order valence-corrected chi connectivity index (χ2v) is 17.3. The Bertz CT molecular complexity index is 3920. The fourth-order valence-electron chi connectivity index (χ4n) is 11.3. The highest BCUT2D eigenvalue weighted by Gasteiger charge is 2.53. The number of para-hydroxylation sites is 2. The number of aromatic nitrogens is 4. The first-order valence-electron chi connectivity index (χ1n) is 22.2. The SMILES string of the molecule is FC(F)(F)c1cc(-c2nc(-c3ccccc3)nc(-c3ccccc3)n2)c2c(oc3ccccc32)c1-n1c2ccccc2c2c3c(ccc21)-c1ccccc1C31c2ccccc2-c2ccccc21. The molecule has 0 N–H and O–H groups in total. The van der Waals surface area contributed by atoms with Crippen LogP contribution in [-0.4, -0.2) is 19.5 Å². The average Bonchev–Trinajstić information content (AvgIpc) is 4.10. The number of furan rings is 1. The van der Waals surface area contributed by atoms with Crippen molar-refractivity contribution in [1.82, 2.24) is 19.5 Å². The van der Waals surface area contributed by atoms with Crippen molar-refractivity contribution in [2.45, 2.75) is 11.6 Å². The maximum Gasteiger partial charge on any atom is 0.418 e. The molecule has 9 aromatic carbocycles. The molecule has 8 heteroatoms. The molecule has 2 aliphatic rings. The van der Waals surface area contributed by atoms with Crippen LogP contribution in [0.1, 0.15) is 27.8 Å². The Morgan fingerprint density at radius 3 is 1.55 bits per heavy atom. The molecule has 67 heavy (non-hydrogen) atoms. The van der Waals surface area contributed by atoms with Crippen LogP contribution in [0.2, 0.25) is 0 Å². The first-order chi connectivity index (χ1) is 32.9. The van der Waals surface area contributed by atoms with Crippen LogP contribution in [0.3, 0.4) is 0 Å². The van der Waals surface area contributed by atoms with Gasteiger partial charge in [-0.15, -0.1) is 0 Å². The number of hydrogen-bond donors (Lipinski definition) is 0. The lowest BCUT2D eigenvalue weighted by Crippen LogP contribution is -2.26. The van der Waals surface area contributed by atoms with Gasteiger partial charge in [-0.25, -0.2) is 15.0 Å². The minimum absolute atomic E-state index is 0.0756. The van der Waals surface area contributed by atoms with Gasteiger partial charge in [0, 0.05) is 38.2 Å². The molecule has 3 heterocycles. The van der Waals surface area contributed by atoms with Crippen LogP contribution in [0.15, 0.2) is 205 Å². The number of nitrogens with zero attached hydrogens (tertiary/aromatic N) is 4. The summed E-state index contributed by atoms with van der Waals surface area (Å²) in [6.07, 6.45) is -4.86. The smallest absolute Gasteiger partial charge is 0.418 e. The Morgan fingerprint density at radius 2 is 0.940 bits per heavy atom. The summed E-state index contributed by atoms with van der Waals surface area (Å²) in [7, 11) is 0. The van der Waals surface area contributed by atoms with Gasteiger partial charge in [0.25, 0.3) is 0 Å². The molecule has 12 aromatic rings. The monoisotopic (exact) mass is 870 g/mol. The van der Waals surface area contributed by atoms with Crippen LogP contribution >= 0.6 is 0 Å². The summed E-state index contributed by atoms with van der Waals surface area (Å²) in [4.78, 5) is 14.8. The summed E-state index contributed by atoms with van der Waals surface area (Å²) in [6.45, 7) is 0. The van der Waals surface area contributed by atoms with E-state index in [2.05, 4.69) is 78.9 Å². The van der Waals surface area contributed by atoms with E-state index in [1.165, 1.54) is 6.07 Å². The number of benzene rings is 9. The number of rotatable bonds is 4. The third kappa shape index (κ3) is 5.12. The van der Waals surface area contributed by atoms with Gasteiger partial charge < -0.3 is 8.98 Å². The van der Waals surface area contributed by atoms with Crippen LogP contribution < -0.4 is 0 Å². The van der Waals surface area contributed by atoms with Gasteiger partial charge in [0.05, 0.1) is 22.0 Å². The highest BCUT2D eigenvalue weighted by Crippen LogP contribution is 2.65. The van der Waals surface area contributed by atoms with E-state index in [1.807, 2.05) is 109 Å². The Balaban J connectivity index is 1.13. The molecule has 14 rings (SSSR count). The molecule has 0 atom stereocenters. The summed E-state index contributed by atoms with van der Waals surface area (Å²) in [5.74, 6) is 0.771. The summed E-state index contributed by atoms with van der Waals surface area (Å²) >= 11 is 0. The number of halogens is 3. The van der Waals surface area contributed by atoms with E-state index >= 15 is 13.2 Å². The number of alkyl halides is 3. The van der Waals surface area contributed by atoms with E-state index in [-0.39, 0.29) is 22.7 Å². The minimum Gasteiger partial charge on any atom is -0.454 e. The number of hydrogen-bond acceptors (Lipinski definition) is 4. The summed E-state index contributed by atoms with van der Waals surface area (Å²) in [5, 5.41) is 2.83. The lowest BCUT2D eigenvalue weighted by Gasteiger charge is -2.31. The molecular weight excluding hydrogens is 838 g/mol. The van der Waals surface area contributed by atoms with Crippen molar-refractivity contribution in [1.29, 1.82) is 0 Å². The molecule has 316 valence electrons. The van der Waals surface area contributed by atoms with Crippen molar-refractivity contribution in [3.05, 3.63) is 228 Å². The average molecular weight is 871 g/mol. The first kappa shape index (κ1) is 37.7. The normalized spacial score (nSPS) is 13.4. The quantitative estimate of drug-likeness (QED) is 0.177. The van der Waals surface area contributed by atoms with Gasteiger partial charge in [-0.2, -0.15) is 13.2 Å². The Kier molecular flexibility index (Phi) is 7.71. The van der Waals surface area contributed by atoms with Gasteiger partial charge >= 0.3 is 6.18 Å².